The summed E-state index contributed by atoms with van der Waals surface area (Å²) < 4.78 is 7.47. The van der Waals surface area contributed by atoms with Crippen LogP contribution in [-0.2, 0) is 6.61 Å². The second kappa shape index (κ2) is 5.93. The first-order valence-electron chi connectivity index (χ1n) is 6.58. The normalized spacial score (nSPS) is 10.0. The fourth-order valence-corrected chi connectivity index (χ4v) is 1.98. The van der Waals surface area contributed by atoms with Crippen LogP contribution in [0.1, 0.15) is 11.3 Å². The molecule has 0 amide bonds. The number of nitriles is 1. The number of rotatable bonds is 4. The first-order chi connectivity index (χ1) is 10.3. The Hall–Kier alpha value is -3.06. The van der Waals surface area contributed by atoms with Crippen molar-refractivity contribution in [3.8, 4) is 17.5 Å². The Morgan fingerprint density at radius 3 is 2.71 bits per heavy atom. The van der Waals surface area contributed by atoms with Gasteiger partial charge in [-0.15, -0.1) is 0 Å². The number of hydrogen-bond acceptors (Lipinski definition) is 3. The lowest BCUT2D eigenvalue weighted by molar-refractivity contribution is 0.300. The van der Waals surface area contributed by atoms with Crippen molar-refractivity contribution < 1.29 is 4.74 Å². The molecular formula is C17H13N3O. The molecule has 2 aromatic carbocycles. The van der Waals surface area contributed by atoms with Crippen molar-refractivity contribution in [1.82, 2.24) is 9.78 Å². The molecule has 0 aliphatic heterocycles. The van der Waals surface area contributed by atoms with Gasteiger partial charge in [0.2, 0.25) is 0 Å². The molecule has 0 bridgehead atoms. The van der Waals surface area contributed by atoms with E-state index in [1.54, 1.807) is 18.2 Å². The van der Waals surface area contributed by atoms with E-state index in [2.05, 4.69) is 11.2 Å². The summed E-state index contributed by atoms with van der Waals surface area (Å²) in [4.78, 5) is 0. The largest absolute Gasteiger partial charge is 0.487 e. The maximum Gasteiger partial charge on any atom is 0.132 e. The summed E-state index contributed by atoms with van der Waals surface area (Å²) in [7, 11) is 0. The Kier molecular flexibility index (Phi) is 3.66. The van der Waals surface area contributed by atoms with Gasteiger partial charge in [0.15, 0.2) is 0 Å². The molecular weight excluding hydrogens is 262 g/mol. The van der Waals surface area contributed by atoms with Crippen molar-refractivity contribution in [3.63, 3.8) is 0 Å². The van der Waals surface area contributed by atoms with E-state index < -0.39 is 0 Å². The van der Waals surface area contributed by atoms with E-state index in [0.29, 0.717) is 17.9 Å². The van der Waals surface area contributed by atoms with Crippen LogP contribution in [0.5, 0.6) is 5.75 Å². The fraction of sp³-hybridized carbons (Fsp3) is 0.0588. The van der Waals surface area contributed by atoms with Crippen molar-refractivity contribution >= 4 is 0 Å². The molecule has 1 aromatic heterocycles. The first kappa shape index (κ1) is 12.9. The molecule has 3 aromatic rings. The predicted molar refractivity (Wildman–Crippen MR) is 79.1 cm³/mol. The summed E-state index contributed by atoms with van der Waals surface area (Å²) in [6, 6.07) is 21.0. The zero-order valence-corrected chi connectivity index (χ0v) is 11.3. The standard InChI is InChI=1S/C17H13N3O/c18-12-14-5-4-8-17(11-14)21-13-15-9-10-20(19-15)16-6-2-1-3-7-16/h1-11H,13H2. The van der Waals surface area contributed by atoms with Gasteiger partial charge in [0.05, 0.1) is 17.3 Å². The van der Waals surface area contributed by atoms with E-state index in [-0.39, 0.29) is 0 Å². The molecule has 0 N–H and O–H groups in total. The van der Waals surface area contributed by atoms with Gasteiger partial charge < -0.3 is 4.74 Å². The highest BCUT2D eigenvalue weighted by Gasteiger charge is 2.02. The first-order valence-corrected chi connectivity index (χ1v) is 6.58. The predicted octanol–water partition coefficient (Wildman–Crippen LogP) is 3.32. The number of aromatic nitrogens is 2. The van der Waals surface area contributed by atoms with Crippen molar-refractivity contribution in [2.24, 2.45) is 0 Å². The molecule has 4 nitrogen and oxygen atoms in total. The summed E-state index contributed by atoms with van der Waals surface area (Å²) in [6.45, 7) is 0.370. The molecule has 21 heavy (non-hydrogen) atoms. The summed E-state index contributed by atoms with van der Waals surface area (Å²) in [5, 5.41) is 13.3. The van der Waals surface area contributed by atoms with Crippen LogP contribution in [0.15, 0.2) is 66.9 Å². The van der Waals surface area contributed by atoms with Crippen LogP contribution in [0.4, 0.5) is 0 Å². The van der Waals surface area contributed by atoms with Crippen LogP contribution >= 0.6 is 0 Å². The minimum absolute atomic E-state index is 0.370. The quantitative estimate of drug-likeness (QED) is 0.734. The Bertz CT molecular complexity index is 772. The van der Waals surface area contributed by atoms with E-state index in [4.69, 9.17) is 10.00 Å². The van der Waals surface area contributed by atoms with Crippen LogP contribution in [0.25, 0.3) is 5.69 Å². The van der Waals surface area contributed by atoms with Crippen LogP contribution in [0, 0.1) is 11.3 Å². The molecule has 0 atom stereocenters. The minimum atomic E-state index is 0.370. The van der Waals surface area contributed by atoms with Gasteiger partial charge in [0.25, 0.3) is 0 Å². The molecule has 0 fully saturated rings. The van der Waals surface area contributed by atoms with Crippen molar-refractivity contribution in [3.05, 3.63) is 78.1 Å². The summed E-state index contributed by atoms with van der Waals surface area (Å²) in [5.74, 6) is 0.670. The second-order valence-electron chi connectivity index (χ2n) is 4.52. The molecule has 4 heteroatoms. The minimum Gasteiger partial charge on any atom is -0.487 e. The number of hydrogen-bond donors (Lipinski definition) is 0. The lowest BCUT2D eigenvalue weighted by Crippen LogP contribution is -1.99. The third-order valence-electron chi connectivity index (χ3n) is 3.01. The third-order valence-corrected chi connectivity index (χ3v) is 3.01. The maximum absolute atomic E-state index is 8.86. The highest BCUT2D eigenvalue weighted by molar-refractivity contribution is 5.36. The van der Waals surface area contributed by atoms with E-state index in [1.165, 1.54) is 0 Å². The van der Waals surface area contributed by atoms with Crippen LogP contribution in [-0.4, -0.2) is 9.78 Å². The van der Waals surface area contributed by atoms with Gasteiger partial charge in [-0.3, -0.25) is 0 Å². The molecule has 3 rings (SSSR count). The fourth-order valence-electron chi connectivity index (χ4n) is 1.98. The van der Waals surface area contributed by atoms with Crippen molar-refractivity contribution in [2.45, 2.75) is 6.61 Å². The maximum atomic E-state index is 8.86. The van der Waals surface area contributed by atoms with E-state index in [1.807, 2.05) is 53.3 Å². The molecule has 0 saturated carbocycles. The average Bonchev–Trinajstić information content (AvgIpc) is 3.03. The van der Waals surface area contributed by atoms with Gasteiger partial charge >= 0.3 is 0 Å². The molecule has 0 aliphatic rings. The molecule has 0 aliphatic carbocycles. The van der Waals surface area contributed by atoms with Gasteiger partial charge in [-0.2, -0.15) is 10.4 Å². The van der Waals surface area contributed by atoms with Crippen molar-refractivity contribution in [1.29, 1.82) is 5.26 Å². The average molecular weight is 275 g/mol. The molecule has 0 unspecified atom stereocenters. The van der Waals surface area contributed by atoms with Gasteiger partial charge in [-0.05, 0) is 36.4 Å². The Morgan fingerprint density at radius 2 is 1.90 bits per heavy atom. The summed E-state index contributed by atoms with van der Waals surface area (Å²) in [5.41, 5.74) is 2.43. The van der Waals surface area contributed by atoms with E-state index >= 15 is 0 Å². The van der Waals surface area contributed by atoms with Gasteiger partial charge in [-0.25, -0.2) is 4.68 Å². The highest BCUT2D eigenvalue weighted by Crippen LogP contribution is 2.14. The van der Waals surface area contributed by atoms with Crippen LogP contribution in [0.2, 0.25) is 0 Å². The molecule has 102 valence electrons. The number of para-hydroxylation sites is 1. The van der Waals surface area contributed by atoms with Gasteiger partial charge in [0, 0.05) is 6.20 Å². The molecule has 1 heterocycles. The Morgan fingerprint density at radius 1 is 1.05 bits per heavy atom. The third kappa shape index (κ3) is 3.10. The van der Waals surface area contributed by atoms with Gasteiger partial charge in [0.1, 0.15) is 18.1 Å². The molecule has 0 radical (unpaired) electrons. The lowest BCUT2D eigenvalue weighted by atomic mass is 10.2. The number of ether oxygens (including phenoxy) is 1. The number of nitrogens with zero attached hydrogens (tertiary/aromatic N) is 3. The Balaban J connectivity index is 1.69. The highest BCUT2D eigenvalue weighted by atomic mass is 16.5. The second-order valence-corrected chi connectivity index (χ2v) is 4.52. The van der Waals surface area contributed by atoms with Gasteiger partial charge in [-0.1, -0.05) is 24.3 Å². The molecule has 0 saturated heterocycles. The monoisotopic (exact) mass is 275 g/mol. The zero-order valence-electron chi connectivity index (χ0n) is 11.3. The van der Waals surface area contributed by atoms with E-state index in [9.17, 15) is 0 Å². The zero-order chi connectivity index (χ0) is 14.5. The number of benzene rings is 2. The van der Waals surface area contributed by atoms with Crippen LogP contribution < -0.4 is 4.74 Å². The molecule has 0 spiro atoms. The smallest absolute Gasteiger partial charge is 0.132 e. The van der Waals surface area contributed by atoms with Crippen LogP contribution in [0.3, 0.4) is 0 Å². The lowest BCUT2D eigenvalue weighted by Gasteiger charge is -2.04. The SMILES string of the molecule is N#Cc1cccc(OCc2ccn(-c3ccccc3)n2)c1. The summed E-state index contributed by atoms with van der Waals surface area (Å²) in [6.07, 6.45) is 1.90. The topological polar surface area (TPSA) is 50.8 Å². The van der Waals surface area contributed by atoms with Crippen molar-refractivity contribution in [2.75, 3.05) is 0 Å². The summed E-state index contributed by atoms with van der Waals surface area (Å²) >= 11 is 0. The van der Waals surface area contributed by atoms with E-state index in [0.717, 1.165) is 11.4 Å². The Labute approximate surface area is 122 Å².